The molecule has 1 aliphatic heterocycles. The summed E-state index contributed by atoms with van der Waals surface area (Å²) in [6.07, 6.45) is 3.05. The molecule has 8 heteroatoms. The predicted molar refractivity (Wildman–Crippen MR) is 96.6 cm³/mol. The number of ether oxygens (including phenoxy) is 1. The fourth-order valence-electron chi connectivity index (χ4n) is 2.67. The van der Waals surface area contributed by atoms with Gasteiger partial charge in [0.05, 0.1) is 18.5 Å². The van der Waals surface area contributed by atoms with Gasteiger partial charge < -0.3 is 10.2 Å². The van der Waals surface area contributed by atoms with Crippen LogP contribution in [0.3, 0.4) is 0 Å². The normalized spacial score (nSPS) is 13.0. The molecule has 0 aliphatic carbocycles. The van der Waals surface area contributed by atoms with E-state index < -0.39 is 6.09 Å². The summed E-state index contributed by atoms with van der Waals surface area (Å²) < 4.78 is 4.80. The molecule has 0 saturated heterocycles. The van der Waals surface area contributed by atoms with Gasteiger partial charge in [0.1, 0.15) is 0 Å². The molecule has 0 spiro atoms. The van der Waals surface area contributed by atoms with Gasteiger partial charge in [0, 0.05) is 37.6 Å². The van der Waals surface area contributed by atoms with Crippen molar-refractivity contribution >= 4 is 41.5 Å². The molecule has 0 saturated carbocycles. The molecule has 128 valence electrons. The van der Waals surface area contributed by atoms with Crippen LogP contribution in [0.25, 0.3) is 0 Å². The van der Waals surface area contributed by atoms with Crippen LogP contribution in [0.4, 0.5) is 16.2 Å². The molecule has 0 atom stereocenters. The van der Waals surface area contributed by atoms with Crippen molar-refractivity contribution in [3.05, 3.63) is 52.8 Å². The number of carbonyl (C=O) groups is 1. The number of benzene rings is 1. The number of carbonyl (C=O) groups excluding carboxylic acids is 1. The lowest BCUT2D eigenvalue weighted by Crippen LogP contribution is -2.27. The molecule has 0 radical (unpaired) electrons. The van der Waals surface area contributed by atoms with Gasteiger partial charge in [0.2, 0.25) is 0 Å². The van der Waals surface area contributed by atoms with E-state index in [1.54, 1.807) is 19.4 Å². The summed E-state index contributed by atoms with van der Waals surface area (Å²) in [5.41, 5.74) is 7.11. The minimum Gasteiger partial charge on any atom is -0.452 e. The molecule has 6 nitrogen and oxygen atoms in total. The molecule has 3 rings (SSSR count). The quantitative estimate of drug-likeness (QED) is 0.894. The third kappa shape index (κ3) is 3.56. The molecule has 2 heterocycles. The van der Waals surface area contributed by atoms with Gasteiger partial charge in [-0.25, -0.2) is 9.80 Å². The fraction of sp³-hybridized carbons (Fsp3) is 0.250. The largest absolute Gasteiger partial charge is 0.452 e. The number of rotatable bonds is 3. The molecular weight excluding hydrogens is 351 g/mol. The van der Waals surface area contributed by atoms with Gasteiger partial charge >= 0.3 is 6.09 Å². The average Bonchev–Trinajstić information content (AvgIpc) is 2.99. The Morgan fingerprint density at radius 3 is 2.58 bits per heavy atom. The van der Waals surface area contributed by atoms with Gasteiger partial charge in [-0.1, -0.05) is 11.6 Å². The standard InChI is InChI=1S/C16H17ClN4O2.ClH/c1-20(16(22)23-2)15-4-3-14(17)12-9-21(10-13(12)15)19-11-5-7-18-8-6-11;/h3-8H,9-10H2,1-2H3,(H,18,19);1H. The molecule has 1 N–H and O–H groups in total. The predicted octanol–water partition coefficient (Wildman–Crippen LogP) is 3.70. The second kappa shape index (κ2) is 7.70. The van der Waals surface area contributed by atoms with E-state index in [1.807, 2.05) is 29.3 Å². The average molecular weight is 369 g/mol. The summed E-state index contributed by atoms with van der Waals surface area (Å²) in [4.78, 5) is 17.3. The Morgan fingerprint density at radius 1 is 1.25 bits per heavy atom. The lowest BCUT2D eigenvalue weighted by molar-refractivity contribution is 0.180. The summed E-state index contributed by atoms with van der Waals surface area (Å²) in [5.74, 6) is 0. The zero-order chi connectivity index (χ0) is 16.4. The van der Waals surface area contributed by atoms with Crippen LogP contribution >= 0.6 is 24.0 Å². The molecule has 1 aliphatic rings. The number of nitrogens with zero attached hydrogens (tertiary/aromatic N) is 3. The van der Waals surface area contributed by atoms with Gasteiger partial charge in [-0.2, -0.15) is 0 Å². The molecule has 0 bridgehead atoms. The summed E-state index contributed by atoms with van der Waals surface area (Å²) >= 11 is 6.33. The Labute approximate surface area is 151 Å². The van der Waals surface area contributed by atoms with Crippen molar-refractivity contribution < 1.29 is 9.53 Å². The first-order chi connectivity index (χ1) is 11.1. The third-order valence-electron chi connectivity index (χ3n) is 3.82. The Hall–Kier alpha value is -2.02. The van der Waals surface area contributed by atoms with E-state index >= 15 is 0 Å². The van der Waals surface area contributed by atoms with Crippen molar-refractivity contribution in [1.29, 1.82) is 0 Å². The minimum absolute atomic E-state index is 0. The van der Waals surface area contributed by atoms with Crippen LogP contribution in [0.1, 0.15) is 11.1 Å². The topological polar surface area (TPSA) is 57.7 Å². The highest BCUT2D eigenvalue weighted by Crippen LogP contribution is 2.36. The first-order valence-electron chi connectivity index (χ1n) is 7.13. The maximum Gasteiger partial charge on any atom is 0.413 e. The summed E-state index contributed by atoms with van der Waals surface area (Å²) in [5, 5.41) is 2.74. The first kappa shape index (κ1) is 18.3. The molecular formula is C16H18Cl2N4O2. The number of hydrogen-bond donors (Lipinski definition) is 1. The monoisotopic (exact) mass is 368 g/mol. The zero-order valence-electron chi connectivity index (χ0n) is 13.3. The lowest BCUT2D eigenvalue weighted by Gasteiger charge is -2.20. The van der Waals surface area contributed by atoms with Crippen molar-refractivity contribution in [2.45, 2.75) is 13.1 Å². The number of amides is 1. The number of fused-ring (bicyclic) bond motifs is 1. The number of hydrogen-bond acceptors (Lipinski definition) is 5. The summed E-state index contributed by atoms with van der Waals surface area (Å²) in [6.45, 7) is 1.29. The van der Waals surface area contributed by atoms with E-state index in [2.05, 4.69) is 10.4 Å². The molecule has 1 aromatic carbocycles. The van der Waals surface area contributed by atoms with Crippen molar-refractivity contribution in [3.63, 3.8) is 0 Å². The minimum atomic E-state index is -0.407. The van der Waals surface area contributed by atoms with Crippen molar-refractivity contribution in [1.82, 2.24) is 9.99 Å². The zero-order valence-corrected chi connectivity index (χ0v) is 14.9. The Balaban J connectivity index is 0.00000208. The van der Waals surface area contributed by atoms with E-state index in [1.165, 1.54) is 12.0 Å². The molecule has 24 heavy (non-hydrogen) atoms. The van der Waals surface area contributed by atoms with Crippen molar-refractivity contribution in [2.75, 3.05) is 24.5 Å². The second-order valence-corrected chi connectivity index (χ2v) is 5.66. The Bertz CT molecular complexity index is 728. The van der Waals surface area contributed by atoms with Crippen LogP contribution in [0.2, 0.25) is 5.02 Å². The van der Waals surface area contributed by atoms with Gasteiger partial charge in [-0.3, -0.25) is 9.88 Å². The molecule has 1 amide bonds. The van der Waals surface area contributed by atoms with Crippen LogP contribution in [0.15, 0.2) is 36.7 Å². The van der Waals surface area contributed by atoms with Crippen molar-refractivity contribution in [3.8, 4) is 0 Å². The highest BCUT2D eigenvalue weighted by atomic mass is 35.5. The summed E-state index contributed by atoms with van der Waals surface area (Å²) in [6, 6.07) is 7.44. The lowest BCUT2D eigenvalue weighted by atomic mass is 10.1. The smallest absolute Gasteiger partial charge is 0.413 e. The molecule has 2 aromatic rings. The van der Waals surface area contributed by atoms with Gasteiger partial charge in [-0.15, -0.1) is 12.4 Å². The van der Waals surface area contributed by atoms with Gasteiger partial charge in [0.15, 0.2) is 0 Å². The van der Waals surface area contributed by atoms with Crippen LogP contribution in [-0.2, 0) is 17.8 Å². The molecule has 0 unspecified atom stereocenters. The van der Waals surface area contributed by atoms with E-state index in [9.17, 15) is 4.79 Å². The number of halogens is 2. The first-order valence-corrected chi connectivity index (χ1v) is 7.51. The number of nitrogens with one attached hydrogen (secondary N) is 1. The van der Waals surface area contributed by atoms with E-state index in [-0.39, 0.29) is 12.4 Å². The van der Waals surface area contributed by atoms with Crippen LogP contribution in [-0.4, -0.2) is 30.2 Å². The fourth-order valence-corrected chi connectivity index (χ4v) is 2.91. The molecule has 1 aromatic heterocycles. The SMILES string of the molecule is COC(=O)N(C)c1ccc(Cl)c2c1CN(Nc1ccncc1)C2.Cl. The van der Waals surface area contributed by atoms with Crippen LogP contribution < -0.4 is 10.3 Å². The maximum absolute atomic E-state index is 11.8. The van der Waals surface area contributed by atoms with Gasteiger partial charge in [-0.05, 0) is 35.4 Å². The number of hydrazine groups is 1. The van der Waals surface area contributed by atoms with E-state index in [0.717, 1.165) is 22.5 Å². The van der Waals surface area contributed by atoms with E-state index in [0.29, 0.717) is 18.1 Å². The van der Waals surface area contributed by atoms with Crippen LogP contribution in [0.5, 0.6) is 0 Å². The highest BCUT2D eigenvalue weighted by Gasteiger charge is 2.27. The number of methoxy groups -OCH3 is 1. The number of anilines is 2. The Kier molecular flexibility index (Phi) is 5.88. The number of pyridine rings is 1. The second-order valence-electron chi connectivity index (χ2n) is 5.26. The third-order valence-corrected chi connectivity index (χ3v) is 4.18. The Morgan fingerprint density at radius 2 is 1.92 bits per heavy atom. The summed E-state index contributed by atoms with van der Waals surface area (Å²) in [7, 11) is 3.06. The molecule has 0 fully saturated rings. The van der Waals surface area contributed by atoms with Crippen molar-refractivity contribution in [2.24, 2.45) is 0 Å². The van der Waals surface area contributed by atoms with Crippen LogP contribution in [0, 0.1) is 0 Å². The van der Waals surface area contributed by atoms with E-state index in [4.69, 9.17) is 16.3 Å². The van der Waals surface area contributed by atoms with Gasteiger partial charge in [0.25, 0.3) is 0 Å². The highest BCUT2D eigenvalue weighted by molar-refractivity contribution is 6.31. The number of aromatic nitrogens is 1. The maximum atomic E-state index is 11.8.